The molecule has 4 aliphatic rings. The smallest absolute Gasteiger partial charge is 0.0159 e. The van der Waals surface area contributed by atoms with Gasteiger partial charge in [-0.3, -0.25) is 0 Å². The highest BCUT2D eigenvalue weighted by atomic mass is 14.5. The van der Waals surface area contributed by atoms with Crippen LogP contribution in [0.3, 0.4) is 0 Å². The third-order valence-electron chi connectivity index (χ3n) is 17.3. The van der Waals surface area contributed by atoms with E-state index in [2.05, 4.69) is 225 Å². The van der Waals surface area contributed by atoms with Crippen molar-refractivity contribution in [3.05, 3.63) is 214 Å². The van der Waals surface area contributed by atoms with Gasteiger partial charge in [-0.2, -0.15) is 0 Å². The minimum Gasteiger partial charge on any atom is -0.0619 e. The third-order valence-corrected chi connectivity index (χ3v) is 17.3. The molecule has 0 bridgehead atoms. The van der Waals surface area contributed by atoms with Crippen LogP contribution in [0.1, 0.15) is 99.9 Å². The van der Waals surface area contributed by atoms with Crippen molar-refractivity contribution in [1.82, 2.24) is 0 Å². The Morgan fingerprint density at radius 1 is 0.197 bits per heavy atom. The van der Waals surface area contributed by atoms with E-state index in [9.17, 15) is 0 Å². The highest BCUT2D eigenvalue weighted by Gasteiger charge is 2.42. The molecule has 0 radical (unpaired) electrons. The van der Waals surface area contributed by atoms with E-state index in [0.29, 0.717) is 0 Å². The summed E-state index contributed by atoms with van der Waals surface area (Å²) >= 11 is 0. The van der Waals surface area contributed by atoms with Gasteiger partial charge in [0.25, 0.3) is 0 Å². The Labute approximate surface area is 388 Å². The van der Waals surface area contributed by atoms with Gasteiger partial charge in [-0.1, -0.05) is 183 Å². The maximum atomic E-state index is 2.57. The van der Waals surface area contributed by atoms with Gasteiger partial charge < -0.3 is 0 Å². The Bertz CT molecular complexity index is 3860. The van der Waals surface area contributed by atoms with Gasteiger partial charge >= 0.3 is 0 Å². The average molecular weight is 845 g/mol. The van der Waals surface area contributed by atoms with Gasteiger partial charge in [-0.25, -0.2) is 0 Å². The summed E-state index contributed by atoms with van der Waals surface area (Å²) in [6.45, 7) is 19.2. The molecular formula is C66H52. The lowest BCUT2D eigenvalue weighted by atomic mass is 9.77. The number of fused-ring (bicyclic) bond motifs is 18. The molecule has 316 valence electrons. The lowest BCUT2D eigenvalue weighted by molar-refractivity contribution is 0.639. The molecule has 4 aliphatic carbocycles. The molecule has 0 saturated carbocycles. The van der Waals surface area contributed by atoms with Crippen molar-refractivity contribution < 1.29 is 0 Å². The quantitative estimate of drug-likeness (QED) is 0.152. The molecule has 0 amide bonds. The molecule has 0 atom stereocenters. The topological polar surface area (TPSA) is 0 Å². The Hall–Kier alpha value is -7.02. The van der Waals surface area contributed by atoms with Crippen LogP contribution in [0, 0.1) is 0 Å². The van der Waals surface area contributed by atoms with E-state index >= 15 is 0 Å². The van der Waals surface area contributed by atoms with Crippen LogP contribution in [0.4, 0.5) is 0 Å². The Morgan fingerprint density at radius 2 is 0.500 bits per heavy atom. The second-order valence-corrected chi connectivity index (χ2v) is 22.1. The second-order valence-electron chi connectivity index (χ2n) is 22.1. The van der Waals surface area contributed by atoms with E-state index in [1.54, 1.807) is 0 Å². The van der Waals surface area contributed by atoms with Gasteiger partial charge in [0.2, 0.25) is 0 Å². The number of hydrogen-bond acceptors (Lipinski definition) is 0. The van der Waals surface area contributed by atoms with E-state index in [1.807, 2.05) is 0 Å². The summed E-state index contributed by atoms with van der Waals surface area (Å²) in [6, 6.07) is 66.2. The second kappa shape index (κ2) is 12.4. The molecule has 0 saturated heterocycles. The van der Waals surface area contributed by atoms with Gasteiger partial charge in [0.15, 0.2) is 0 Å². The summed E-state index contributed by atoms with van der Waals surface area (Å²) in [5, 5.41) is 7.86. The van der Waals surface area contributed by atoms with Crippen LogP contribution in [-0.4, -0.2) is 0 Å². The first-order valence-electron chi connectivity index (χ1n) is 24.0. The van der Waals surface area contributed by atoms with Crippen LogP contribution in [0.15, 0.2) is 170 Å². The summed E-state index contributed by atoms with van der Waals surface area (Å²) < 4.78 is 0. The highest BCUT2D eigenvalue weighted by molar-refractivity contribution is 6.27. The third kappa shape index (κ3) is 4.75. The molecule has 0 aliphatic heterocycles. The molecule has 10 aromatic carbocycles. The summed E-state index contributed by atoms with van der Waals surface area (Å²) in [5.74, 6) is 0. The highest BCUT2D eigenvalue weighted by Crippen LogP contribution is 2.58. The zero-order chi connectivity index (χ0) is 44.8. The first-order valence-corrected chi connectivity index (χ1v) is 24.0. The van der Waals surface area contributed by atoms with Crippen LogP contribution >= 0.6 is 0 Å². The molecular weight excluding hydrogens is 793 g/mol. The maximum Gasteiger partial charge on any atom is 0.0159 e. The van der Waals surface area contributed by atoms with E-state index < -0.39 is 0 Å². The molecule has 0 unspecified atom stereocenters. The molecule has 0 heterocycles. The van der Waals surface area contributed by atoms with Crippen molar-refractivity contribution >= 4 is 32.3 Å². The van der Waals surface area contributed by atoms with Crippen molar-refractivity contribution in [3.63, 3.8) is 0 Å². The molecule has 0 fully saturated rings. The number of benzene rings is 10. The zero-order valence-electron chi connectivity index (χ0n) is 39.2. The number of hydrogen-bond donors (Lipinski definition) is 0. The van der Waals surface area contributed by atoms with Crippen molar-refractivity contribution in [2.45, 2.75) is 77.0 Å². The van der Waals surface area contributed by atoms with E-state index in [1.165, 1.54) is 144 Å². The minimum atomic E-state index is -0.154. The first-order chi connectivity index (χ1) is 31.7. The monoisotopic (exact) mass is 844 g/mol. The molecule has 0 heteroatoms. The van der Waals surface area contributed by atoms with Crippen LogP contribution in [0.5, 0.6) is 0 Å². The lowest BCUT2D eigenvalue weighted by Crippen LogP contribution is -2.18. The van der Waals surface area contributed by atoms with E-state index in [0.717, 1.165) is 0 Å². The fourth-order valence-electron chi connectivity index (χ4n) is 13.6. The van der Waals surface area contributed by atoms with Crippen LogP contribution in [-0.2, 0) is 21.7 Å². The van der Waals surface area contributed by atoms with Crippen molar-refractivity contribution in [3.8, 4) is 66.8 Å². The van der Waals surface area contributed by atoms with Gasteiger partial charge in [-0.15, -0.1) is 0 Å². The van der Waals surface area contributed by atoms with Crippen LogP contribution < -0.4 is 0 Å². The summed E-state index contributed by atoms with van der Waals surface area (Å²) in [4.78, 5) is 0. The van der Waals surface area contributed by atoms with E-state index in [-0.39, 0.29) is 21.7 Å². The standard InChI is InChI=1S/C66H52/c1-63(2)55-18-12-9-15-43(55)50-31-39(23-27-58(50)63)37-21-25-41-46(29-37)47-30-38(40-24-28-59-51(32-40)44-16-10-13-19-56(44)64(59,3)4)22-26-42(47)49-35-60-53(33-48(41)49)54-34-52-45-17-11-14-20-57(45)65(5,6)61(52)36-62(54)66(60,7)8/h9-36H,1-8H3. The predicted octanol–water partition coefficient (Wildman–Crippen LogP) is 17.7. The van der Waals surface area contributed by atoms with Gasteiger partial charge in [0.1, 0.15) is 0 Å². The van der Waals surface area contributed by atoms with Crippen molar-refractivity contribution in [1.29, 1.82) is 0 Å². The van der Waals surface area contributed by atoms with E-state index in [4.69, 9.17) is 0 Å². The van der Waals surface area contributed by atoms with Gasteiger partial charge in [0.05, 0.1) is 0 Å². The van der Waals surface area contributed by atoms with Crippen LogP contribution in [0.25, 0.3) is 99.1 Å². The number of rotatable bonds is 2. The summed E-state index contributed by atoms with van der Waals surface area (Å²) in [6.07, 6.45) is 0. The normalized spacial score (nSPS) is 16.7. The Balaban J connectivity index is 1.01. The average Bonchev–Trinajstić information content (AvgIpc) is 3.89. The fraction of sp³-hybridized carbons (Fsp3) is 0.182. The minimum absolute atomic E-state index is 0.0246. The lowest BCUT2D eigenvalue weighted by Gasteiger charge is -2.26. The molecule has 0 aromatic heterocycles. The van der Waals surface area contributed by atoms with Crippen molar-refractivity contribution in [2.24, 2.45) is 0 Å². The SMILES string of the molecule is CC1(C)c2ccccc2-c2cc(-c3ccc4c(c3)c3cc(-c5ccc6c(c5)-c5ccccc5C6(C)C)ccc3c3cc5c(cc43)-c3cc4c(cc3C5(C)C)C(C)(C)c3ccccc3-4)ccc21. The molecule has 10 aromatic rings. The predicted molar refractivity (Wildman–Crippen MR) is 280 cm³/mol. The summed E-state index contributed by atoms with van der Waals surface area (Å²) in [7, 11) is 0. The maximum absolute atomic E-state index is 2.57. The Morgan fingerprint density at radius 3 is 0.985 bits per heavy atom. The first kappa shape index (κ1) is 38.3. The Kier molecular flexibility index (Phi) is 7.22. The van der Waals surface area contributed by atoms with Crippen molar-refractivity contribution in [2.75, 3.05) is 0 Å². The molecule has 0 nitrogen and oxygen atoms in total. The van der Waals surface area contributed by atoms with Gasteiger partial charge in [0, 0.05) is 21.7 Å². The molecule has 66 heavy (non-hydrogen) atoms. The van der Waals surface area contributed by atoms with Crippen LogP contribution in [0.2, 0.25) is 0 Å². The summed E-state index contributed by atoms with van der Waals surface area (Å²) in [5.41, 5.74) is 27.1. The largest absolute Gasteiger partial charge is 0.0619 e. The molecule has 14 rings (SSSR count). The fourth-order valence-corrected chi connectivity index (χ4v) is 13.6. The zero-order valence-corrected chi connectivity index (χ0v) is 39.2. The molecule has 0 N–H and O–H groups in total. The van der Waals surface area contributed by atoms with Gasteiger partial charge in [-0.05, 0) is 186 Å². The molecule has 0 spiro atoms.